The quantitative estimate of drug-likeness (QED) is 0.746. The third-order valence-electron chi connectivity index (χ3n) is 3.50. The van der Waals surface area contributed by atoms with Gasteiger partial charge in [-0.15, -0.1) is 0 Å². The molecule has 21 heavy (non-hydrogen) atoms. The zero-order valence-corrected chi connectivity index (χ0v) is 16.1. The van der Waals surface area contributed by atoms with E-state index in [1.807, 2.05) is 13.8 Å². The van der Waals surface area contributed by atoms with Gasteiger partial charge in [0.15, 0.2) is 0 Å². The van der Waals surface area contributed by atoms with Crippen molar-refractivity contribution in [1.29, 1.82) is 0 Å². The van der Waals surface area contributed by atoms with Gasteiger partial charge in [-0.1, -0.05) is 23.2 Å². The second-order valence-corrected chi connectivity index (χ2v) is 5.97. The minimum Gasteiger partial charge on any atom is -0.494 e. The van der Waals surface area contributed by atoms with Crippen molar-refractivity contribution in [2.75, 3.05) is 6.61 Å². The van der Waals surface area contributed by atoms with E-state index < -0.39 is 12.4 Å². The maximum absolute atomic E-state index is 13.0. The third kappa shape index (κ3) is 5.55. The molecule has 0 N–H and O–H groups in total. The molecule has 1 unspecified atom stereocenters. The SMILES string of the molecule is Cc1ccc(OCC2CCC(C)(C)O2)c([B-](F)(F)F)c1.[K+]. The summed E-state index contributed by atoms with van der Waals surface area (Å²) in [5.74, 6) is -0.101. The molecule has 0 spiro atoms. The van der Waals surface area contributed by atoms with Crippen LogP contribution in [0.3, 0.4) is 0 Å². The van der Waals surface area contributed by atoms with Crippen molar-refractivity contribution < 1.29 is 73.8 Å². The number of rotatable bonds is 4. The number of ether oxygens (including phenoxy) is 2. The summed E-state index contributed by atoms with van der Waals surface area (Å²) in [6, 6.07) is 4.15. The molecule has 112 valence electrons. The molecule has 0 aliphatic carbocycles. The maximum Gasteiger partial charge on any atom is 1.00 e. The van der Waals surface area contributed by atoms with Gasteiger partial charge >= 0.3 is 58.4 Å². The van der Waals surface area contributed by atoms with E-state index >= 15 is 0 Å². The van der Waals surface area contributed by atoms with E-state index in [4.69, 9.17) is 9.47 Å². The van der Waals surface area contributed by atoms with Crippen molar-refractivity contribution in [2.24, 2.45) is 0 Å². The number of benzene rings is 1. The fourth-order valence-corrected chi connectivity index (χ4v) is 2.43. The Balaban J connectivity index is 0.00000220. The normalized spacial score (nSPS) is 21.0. The maximum atomic E-state index is 13.0. The summed E-state index contributed by atoms with van der Waals surface area (Å²) < 4.78 is 50.1. The Bertz CT molecular complexity index is 492. The van der Waals surface area contributed by atoms with Crippen LogP contribution in [0.15, 0.2) is 18.2 Å². The van der Waals surface area contributed by atoms with Crippen molar-refractivity contribution in [3.05, 3.63) is 23.8 Å². The van der Waals surface area contributed by atoms with Crippen LogP contribution in [-0.2, 0) is 4.74 Å². The van der Waals surface area contributed by atoms with Crippen LogP contribution in [0.2, 0.25) is 0 Å². The molecule has 0 radical (unpaired) electrons. The van der Waals surface area contributed by atoms with E-state index in [0.717, 1.165) is 18.9 Å². The van der Waals surface area contributed by atoms with Crippen LogP contribution in [0.25, 0.3) is 0 Å². The molecular weight excluding hydrogens is 307 g/mol. The fourth-order valence-electron chi connectivity index (χ4n) is 2.43. The van der Waals surface area contributed by atoms with E-state index in [1.165, 1.54) is 6.07 Å². The number of hydrogen-bond donors (Lipinski definition) is 0. The summed E-state index contributed by atoms with van der Waals surface area (Å²) >= 11 is 0. The Kier molecular flexibility index (Phi) is 6.84. The second kappa shape index (κ2) is 7.36. The van der Waals surface area contributed by atoms with Gasteiger partial charge in [-0.3, -0.25) is 0 Å². The van der Waals surface area contributed by atoms with E-state index in [0.29, 0.717) is 5.56 Å². The predicted molar refractivity (Wildman–Crippen MR) is 73.6 cm³/mol. The van der Waals surface area contributed by atoms with Crippen molar-refractivity contribution in [3.63, 3.8) is 0 Å². The van der Waals surface area contributed by atoms with Crippen LogP contribution in [0, 0.1) is 6.92 Å². The third-order valence-corrected chi connectivity index (χ3v) is 3.50. The molecule has 0 saturated carbocycles. The first-order valence-corrected chi connectivity index (χ1v) is 6.78. The number of halogens is 3. The number of hydrogen-bond acceptors (Lipinski definition) is 2. The van der Waals surface area contributed by atoms with Gasteiger partial charge in [0.25, 0.3) is 0 Å². The minimum absolute atomic E-state index is 0. The van der Waals surface area contributed by atoms with Crippen LogP contribution in [0.5, 0.6) is 5.75 Å². The Morgan fingerprint density at radius 2 is 2.00 bits per heavy atom. The molecular formula is C14H19BF3KO2. The molecule has 0 bridgehead atoms. The molecule has 1 aliphatic rings. The number of aryl methyl sites for hydroxylation is 1. The van der Waals surface area contributed by atoms with Crippen LogP contribution >= 0.6 is 0 Å². The van der Waals surface area contributed by atoms with Gasteiger partial charge < -0.3 is 22.4 Å². The van der Waals surface area contributed by atoms with Crippen LogP contribution in [0.1, 0.15) is 32.3 Å². The van der Waals surface area contributed by atoms with Crippen LogP contribution < -0.4 is 61.6 Å². The van der Waals surface area contributed by atoms with Crippen molar-refractivity contribution >= 4 is 12.4 Å². The molecule has 1 saturated heterocycles. The van der Waals surface area contributed by atoms with Crippen molar-refractivity contribution in [1.82, 2.24) is 0 Å². The predicted octanol–water partition coefficient (Wildman–Crippen LogP) is 0.390. The molecule has 2 rings (SSSR count). The molecule has 1 heterocycles. The molecule has 1 atom stereocenters. The summed E-state index contributed by atoms with van der Waals surface area (Å²) in [6.45, 7) is 0.676. The first-order chi connectivity index (χ1) is 9.17. The first kappa shape index (κ1) is 19.5. The van der Waals surface area contributed by atoms with Gasteiger partial charge in [-0.2, -0.15) is 0 Å². The van der Waals surface area contributed by atoms with Crippen LogP contribution in [-0.4, -0.2) is 25.3 Å². The molecule has 1 aromatic carbocycles. The summed E-state index contributed by atoms with van der Waals surface area (Å²) in [5, 5.41) is 0. The first-order valence-electron chi connectivity index (χ1n) is 6.78. The topological polar surface area (TPSA) is 18.5 Å². The second-order valence-electron chi connectivity index (χ2n) is 5.97. The average molecular weight is 326 g/mol. The monoisotopic (exact) mass is 326 g/mol. The molecule has 2 nitrogen and oxygen atoms in total. The van der Waals surface area contributed by atoms with Gasteiger partial charge in [-0.05, 0) is 39.7 Å². The summed E-state index contributed by atoms with van der Waals surface area (Å²) in [4.78, 5) is 0. The van der Waals surface area contributed by atoms with Gasteiger partial charge in [-0.25, -0.2) is 0 Å². The van der Waals surface area contributed by atoms with Crippen molar-refractivity contribution in [3.8, 4) is 5.75 Å². The van der Waals surface area contributed by atoms with Gasteiger partial charge in [0.2, 0.25) is 0 Å². The Morgan fingerprint density at radius 1 is 1.33 bits per heavy atom. The molecule has 1 fully saturated rings. The van der Waals surface area contributed by atoms with E-state index in [-0.39, 0.29) is 75.4 Å². The standard InChI is InChI=1S/C14H19BF3O2.K/c1-10-4-5-13(12(8-10)15(16,17)18)19-9-11-6-7-14(2,3)20-11;/h4-5,8,11H,6-7,9H2,1-3H3;/q-1;+1. The minimum atomic E-state index is -5.07. The Hall–Kier alpha value is 0.471. The smallest absolute Gasteiger partial charge is 0.494 e. The van der Waals surface area contributed by atoms with Gasteiger partial charge in [0, 0.05) is 0 Å². The molecule has 0 aromatic heterocycles. The molecule has 1 aliphatic heterocycles. The molecule has 7 heteroatoms. The van der Waals surface area contributed by atoms with Gasteiger partial charge in [0.05, 0.1) is 17.5 Å². The zero-order valence-electron chi connectivity index (χ0n) is 13.0. The Labute approximate surface area is 166 Å². The van der Waals surface area contributed by atoms with E-state index in [1.54, 1.807) is 13.0 Å². The fraction of sp³-hybridized carbons (Fsp3) is 0.571. The zero-order chi connectivity index (χ0) is 15.0. The molecule has 1 aromatic rings. The van der Waals surface area contributed by atoms with E-state index in [9.17, 15) is 12.9 Å². The van der Waals surface area contributed by atoms with E-state index in [2.05, 4.69) is 0 Å². The summed E-state index contributed by atoms with van der Waals surface area (Å²) in [7, 11) is 0. The van der Waals surface area contributed by atoms with Crippen molar-refractivity contribution in [2.45, 2.75) is 45.3 Å². The van der Waals surface area contributed by atoms with Gasteiger partial charge in [0.1, 0.15) is 6.61 Å². The summed E-state index contributed by atoms with van der Waals surface area (Å²) in [5.41, 5.74) is -0.301. The van der Waals surface area contributed by atoms with Crippen LogP contribution in [0.4, 0.5) is 12.9 Å². The largest absolute Gasteiger partial charge is 1.00 e. The summed E-state index contributed by atoms with van der Waals surface area (Å²) in [6.07, 6.45) is 1.57. The average Bonchev–Trinajstić information content (AvgIpc) is 2.66. The molecule has 0 amide bonds. The Morgan fingerprint density at radius 3 is 2.52 bits per heavy atom.